The second-order valence-electron chi connectivity index (χ2n) is 3.05. The first-order chi connectivity index (χ1) is 6.15. The molecule has 1 nitrogen and oxygen atoms in total. The van der Waals surface area contributed by atoms with Crippen molar-refractivity contribution in [3.05, 3.63) is 29.6 Å². The molecule has 0 fully saturated rings. The Morgan fingerprint density at radius 2 is 2.15 bits per heavy atom. The zero-order valence-electron chi connectivity index (χ0n) is 7.84. The smallest absolute Gasteiger partial charge is 0.123 e. The third-order valence-corrected chi connectivity index (χ3v) is 1.82. The van der Waals surface area contributed by atoms with Gasteiger partial charge in [-0.15, -0.1) is 12.3 Å². The van der Waals surface area contributed by atoms with Gasteiger partial charge in [0.1, 0.15) is 5.82 Å². The number of hydrogen-bond acceptors (Lipinski definition) is 1. The first-order valence-electron chi connectivity index (χ1n) is 4.04. The molecule has 0 radical (unpaired) electrons. The average Bonchev–Trinajstić information content (AvgIpc) is 2.04. The predicted molar refractivity (Wildman–Crippen MR) is 53.3 cm³/mol. The Kier molecular flexibility index (Phi) is 2.92. The third kappa shape index (κ3) is 2.22. The third-order valence-electron chi connectivity index (χ3n) is 1.82. The molecule has 0 atom stereocenters. The van der Waals surface area contributed by atoms with Crippen LogP contribution in [0.2, 0.25) is 0 Å². The minimum absolute atomic E-state index is 0.240. The molecule has 0 saturated heterocycles. The van der Waals surface area contributed by atoms with E-state index >= 15 is 0 Å². The van der Waals surface area contributed by atoms with Crippen molar-refractivity contribution < 1.29 is 4.39 Å². The van der Waals surface area contributed by atoms with Gasteiger partial charge in [0.2, 0.25) is 0 Å². The molecule has 0 unspecified atom stereocenters. The summed E-state index contributed by atoms with van der Waals surface area (Å²) in [5.41, 5.74) is 1.83. The van der Waals surface area contributed by atoms with E-state index < -0.39 is 0 Å². The van der Waals surface area contributed by atoms with E-state index in [0.717, 1.165) is 11.3 Å². The molecule has 1 aromatic rings. The van der Waals surface area contributed by atoms with E-state index in [1.165, 1.54) is 12.1 Å². The number of terminal acetylenes is 1. The van der Waals surface area contributed by atoms with Gasteiger partial charge in [0.25, 0.3) is 0 Å². The molecular weight excluding hydrogens is 165 g/mol. The van der Waals surface area contributed by atoms with Crippen LogP contribution in [0.1, 0.15) is 5.56 Å². The van der Waals surface area contributed by atoms with E-state index in [1.54, 1.807) is 6.07 Å². The number of nitrogens with zero attached hydrogens (tertiary/aromatic N) is 1. The van der Waals surface area contributed by atoms with Crippen LogP contribution in [0.3, 0.4) is 0 Å². The molecule has 0 aromatic heterocycles. The zero-order chi connectivity index (χ0) is 9.84. The highest BCUT2D eigenvalue weighted by Gasteiger charge is 2.04. The molecule has 1 aromatic carbocycles. The molecule has 1 rings (SSSR count). The predicted octanol–water partition coefficient (Wildman–Crippen LogP) is 2.07. The van der Waals surface area contributed by atoms with Crippen molar-refractivity contribution in [2.75, 3.05) is 19.0 Å². The van der Waals surface area contributed by atoms with Crippen molar-refractivity contribution in [2.45, 2.75) is 6.42 Å². The highest BCUT2D eigenvalue weighted by atomic mass is 19.1. The zero-order valence-corrected chi connectivity index (χ0v) is 7.84. The summed E-state index contributed by atoms with van der Waals surface area (Å²) < 4.78 is 12.8. The topological polar surface area (TPSA) is 3.24 Å². The van der Waals surface area contributed by atoms with Crippen molar-refractivity contribution in [1.29, 1.82) is 0 Å². The van der Waals surface area contributed by atoms with Crippen LogP contribution in [-0.2, 0) is 6.42 Å². The summed E-state index contributed by atoms with van der Waals surface area (Å²) >= 11 is 0. The maximum atomic E-state index is 12.8. The van der Waals surface area contributed by atoms with E-state index in [2.05, 4.69) is 5.92 Å². The second-order valence-corrected chi connectivity index (χ2v) is 3.05. The van der Waals surface area contributed by atoms with Crippen molar-refractivity contribution in [1.82, 2.24) is 0 Å². The quantitative estimate of drug-likeness (QED) is 0.625. The lowest BCUT2D eigenvalue weighted by molar-refractivity contribution is 0.626. The van der Waals surface area contributed by atoms with Gasteiger partial charge in [0.15, 0.2) is 0 Å². The Balaban J connectivity index is 3.12. The molecule has 0 saturated carbocycles. The van der Waals surface area contributed by atoms with Crippen LogP contribution in [-0.4, -0.2) is 14.1 Å². The maximum Gasteiger partial charge on any atom is 0.123 e. The lowest BCUT2D eigenvalue weighted by atomic mass is 10.1. The van der Waals surface area contributed by atoms with Crippen molar-refractivity contribution in [3.63, 3.8) is 0 Å². The maximum absolute atomic E-state index is 12.8. The molecule has 0 aliphatic carbocycles. The molecular formula is C11H12FN. The van der Waals surface area contributed by atoms with E-state index in [-0.39, 0.29) is 5.82 Å². The Bertz CT molecular complexity index is 336. The molecule has 0 aliphatic rings. The van der Waals surface area contributed by atoms with Crippen LogP contribution >= 0.6 is 0 Å². The van der Waals surface area contributed by atoms with Crippen LogP contribution in [0.15, 0.2) is 18.2 Å². The molecule has 13 heavy (non-hydrogen) atoms. The fraction of sp³-hybridized carbons (Fsp3) is 0.273. The first-order valence-corrected chi connectivity index (χ1v) is 4.04. The SMILES string of the molecule is C#CCc1cc(F)ccc1N(C)C. The summed E-state index contributed by atoms with van der Waals surface area (Å²) in [6.45, 7) is 0. The van der Waals surface area contributed by atoms with Crippen LogP contribution < -0.4 is 4.90 Å². The Morgan fingerprint density at radius 3 is 2.69 bits per heavy atom. The fourth-order valence-electron chi connectivity index (χ4n) is 1.24. The highest BCUT2D eigenvalue weighted by Crippen LogP contribution is 2.19. The Hall–Kier alpha value is -1.49. The number of rotatable bonds is 2. The van der Waals surface area contributed by atoms with Crippen LogP contribution in [0.4, 0.5) is 10.1 Å². The van der Waals surface area contributed by atoms with E-state index in [1.807, 2.05) is 19.0 Å². The molecule has 0 bridgehead atoms. The summed E-state index contributed by atoms with van der Waals surface area (Å²) in [5.74, 6) is 2.27. The van der Waals surface area contributed by atoms with Gasteiger partial charge >= 0.3 is 0 Å². The van der Waals surface area contributed by atoms with Crippen molar-refractivity contribution in [3.8, 4) is 12.3 Å². The molecule has 0 aliphatic heterocycles. The average molecular weight is 177 g/mol. The molecule has 68 valence electrons. The molecule has 0 amide bonds. The van der Waals surface area contributed by atoms with Crippen LogP contribution in [0.5, 0.6) is 0 Å². The normalized spacial score (nSPS) is 9.38. The number of benzene rings is 1. The first kappa shape index (κ1) is 9.60. The summed E-state index contributed by atoms with van der Waals surface area (Å²) in [5, 5.41) is 0. The standard InChI is InChI=1S/C11H12FN/c1-4-5-9-8-10(12)6-7-11(9)13(2)3/h1,6-8H,5H2,2-3H3. The minimum Gasteiger partial charge on any atom is -0.377 e. The molecule has 0 spiro atoms. The van der Waals surface area contributed by atoms with Gasteiger partial charge in [0, 0.05) is 26.2 Å². The summed E-state index contributed by atoms with van der Waals surface area (Å²) in [6, 6.07) is 4.66. The van der Waals surface area contributed by atoms with Gasteiger partial charge in [0.05, 0.1) is 0 Å². The lowest BCUT2D eigenvalue weighted by Gasteiger charge is -2.16. The van der Waals surface area contributed by atoms with Crippen LogP contribution in [0, 0.1) is 18.2 Å². The monoisotopic (exact) mass is 177 g/mol. The van der Waals surface area contributed by atoms with Gasteiger partial charge in [-0.2, -0.15) is 0 Å². The highest BCUT2D eigenvalue weighted by molar-refractivity contribution is 5.53. The summed E-state index contributed by atoms with van der Waals surface area (Å²) in [4.78, 5) is 1.92. The van der Waals surface area contributed by atoms with Gasteiger partial charge in [-0.25, -0.2) is 4.39 Å². The lowest BCUT2D eigenvalue weighted by Crippen LogP contribution is -2.11. The van der Waals surface area contributed by atoms with Crippen molar-refractivity contribution >= 4 is 5.69 Å². The Labute approximate surface area is 78.2 Å². The van der Waals surface area contributed by atoms with Crippen LogP contribution in [0.25, 0.3) is 0 Å². The fourth-order valence-corrected chi connectivity index (χ4v) is 1.24. The molecule has 0 heterocycles. The largest absolute Gasteiger partial charge is 0.377 e. The number of anilines is 1. The van der Waals surface area contributed by atoms with E-state index in [0.29, 0.717) is 6.42 Å². The summed E-state index contributed by atoms with van der Waals surface area (Å²) in [7, 11) is 3.82. The van der Waals surface area contributed by atoms with Gasteiger partial charge in [-0.3, -0.25) is 0 Å². The number of halogens is 1. The number of hydrogen-bond donors (Lipinski definition) is 0. The van der Waals surface area contributed by atoms with Gasteiger partial charge < -0.3 is 4.90 Å². The molecule has 2 heteroatoms. The van der Waals surface area contributed by atoms with Crippen molar-refractivity contribution in [2.24, 2.45) is 0 Å². The van der Waals surface area contributed by atoms with E-state index in [4.69, 9.17) is 6.42 Å². The van der Waals surface area contributed by atoms with Gasteiger partial charge in [-0.1, -0.05) is 0 Å². The summed E-state index contributed by atoms with van der Waals surface area (Å²) in [6.07, 6.45) is 5.65. The molecule has 0 N–H and O–H groups in total. The second kappa shape index (κ2) is 3.95. The van der Waals surface area contributed by atoms with E-state index in [9.17, 15) is 4.39 Å². The van der Waals surface area contributed by atoms with Gasteiger partial charge in [-0.05, 0) is 23.8 Å². The Morgan fingerprint density at radius 1 is 1.46 bits per heavy atom. The minimum atomic E-state index is -0.240.